The third-order valence-corrected chi connectivity index (χ3v) is 5.28. The summed E-state index contributed by atoms with van der Waals surface area (Å²) in [6, 6.07) is 0. The first kappa shape index (κ1) is 10.5. The highest BCUT2D eigenvalue weighted by Gasteiger charge is 2.37. The molecule has 3 aliphatic carbocycles. The molecule has 2 bridgehead atoms. The van der Waals surface area contributed by atoms with E-state index in [1.165, 1.54) is 25.7 Å². The molecule has 0 nitrogen and oxygen atoms in total. The molecule has 0 aromatic heterocycles. The van der Waals surface area contributed by atoms with Crippen molar-refractivity contribution in [2.24, 2.45) is 35.5 Å². The lowest BCUT2D eigenvalue weighted by Gasteiger charge is -2.45. The summed E-state index contributed by atoms with van der Waals surface area (Å²) in [5, 5.41) is 0. The summed E-state index contributed by atoms with van der Waals surface area (Å²) in [4.78, 5) is 0. The van der Waals surface area contributed by atoms with Crippen molar-refractivity contribution in [1.29, 1.82) is 0 Å². The fourth-order valence-corrected chi connectivity index (χ4v) is 3.88. The van der Waals surface area contributed by atoms with Gasteiger partial charge in [-0.25, -0.2) is 0 Å². The van der Waals surface area contributed by atoms with E-state index in [4.69, 9.17) is 0 Å². The molecule has 0 aromatic carbocycles. The Kier molecular flexibility index (Phi) is 2.91. The van der Waals surface area contributed by atoms with E-state index >= 15 is 0 Å². The van der Waals surface area contributed by atoms with Crippen LogP contribution in [-0.2, 0) is 0 Å². The largest absolute Gasteiger partial charge is 0.0622 e. The van der Waals surface area contributed by atoms with Crippen LogP contribution in [0.4, 0.5) is 0 Å². The second-order valence-electron chi connectivity index (χ2n) is 6.37. The summed E-state index contributed by atoms with van der Waals surface area (Å²) >= 11 is 0. The van der Waals surface area contributed by atoms with Crippen LogP contribution in [0.3, 0.4) is 0 Å². The van der Waals surface area contributed by atoms with Crippen LogP contribution in [0, 0.1) is 35.5 Å². The van der Waals surface area contributed by atoms with E-state index in [9.17, 15) is 0 Å². The van der Waals surface area contributed by atoms with Gasteiger partial charge >= 0.3 is 0 Å². The Balaban J connectivity index is 2.14. The molecule has 0 aromatic rings. The van der Waals surface area contributed by atoms with Crippen LogP contribution in [0.1, 0.15) is 53.4 Å². The van der Waals surface area contributed by atoms with E-state index in [2.05, 4.69) is 27.7 Å². The van der Waals surface area contributed by atoms with Crippen LogP contribution in [0.5, 0.6) is 0 Å². The van der Waals surface area contributed by atoms with Gasteiger partial charge in [-0.3, -0.25) is 0 Å². The average molecular weight is 194 g/mol. The van der Waals surface area contributed by atoms with Crippen LogP contribution in [-0.4, -0.2) is 0 Å². The maximum Gasteiger partial charge on any atom is -0.0383 e. The van der Waals surface area contributed by atoms with Crippen molar-refractivity contribution in [3.8, 4) is 0 Å². The molecule has 0 heteroatoms. The van der Waals surface area contributed by atoms with E-state index in [0.29, 0.717) is 0 Å². The zero-order valence-electron chi connectivity index (χ0n) is 10.3. The zero-order valence-corrected chi connectivity index (χ0v) is 10.3. The van der Waals surface area contributed by atoms with Crippen molar-refractivity contribution in [2.45, 2.75) is 53.4 Å². The Morgan fingerprint density at radius 3 is 1.14 bits per heavy atom. The first-order valence-corrected chi connectivity index (χ1v) is 6.58. The first-order valence-electron chi connectivity index (χ1n) is 6.58. The minimum absolute atomic E-state index is 0.970. The van der Waals surface area contributed by atoms with E-state index in [1.54, 1.807) is 0 Å². The Morgan fingerprint density at radius 2 is 0.786 bits per heavy atom. The maximum absolute atomic E-state index is 2.49. The Bertz CT molecular complexity index is 174. The van der Waals surface area contributed by atoms with E-state index < -0.39 is 0 Å². The van der Waals surface area contributed by atoms with Gasteiger partial charge in [0.25, 0.3) is 0 Å². The topological polar surface area (TPSA) is 0 Å². The summed E-state index contributed by atoms with van der Waals surface area (Å²) in [5.74, 6) is 6.03. The highest BCUT2D eigenvalue weighted by atomic mass is 14.4. The van der Waals surface area contributed by atoms with E-state index in [1.807, 2.05) is 0 Å². The van der Waals surface area contributed by atoms with Crippen molar-refractivity contribution in [3.63, 3.8) is 0 Å². The third-order valence-electron chi connectivity index (χ3n) is 5.28. The number of rotatable bonds is 0. The fourth-order valence-electron chi connectivity index (χ4n) is 3.88. The van der Waals surface area contributed by atoms with Gasteiger partial charge in [0.1, 0.15) is 0 Å². The molecule has 3 aliphatic rings. The Labute approximate surface area is 89.5 Å². The molecule has 0 spiro atoms. The smallest absolute Gasteiger partial charge is 0.0383 e. The number of hydrogen-bond donors (Lipinski definition) is 0. The van der Waals surface area contributed by atoms with Crippen molar-refractivity contribution >= 4 is 0 Å². The third kappa shape index (κ3) is 1.85. The summed E-state index contributed by atoms with van der Waals surface area (Å²) in [5.41, 5.74) is 0. The van der Waals surface area contributed by atoms with Gasteiger partial charge in [0.15, 0.2) is 0 Å². The van der Waals surface area contributed by atoms with Gasteiger partial charge in [0.05, 0.1) is 0 Å². The summed E-state index contributed by atoms with van der Waals surface area (Å²) in [7, 11) is 0. The summed E-state index contributed by atoms with van der Waals surface area (Å²) in [6.07, 6.45) is 6.03. The molecular formula is C14H26. The van der Waals surface area contributed by atoms with Gasteiger partial charge in [-0.1, -0.05) is 27.7 Å². The lowest BCUT2D eigenvalue weighted by Crippen LogP contribution is -2.35. The molecule has 0 aliphatic heterocycles. The van der Waals surface area contributed by atoms with Gasteiger partial charge in [-0.2, -0.15) is 0 Å². The summed E-state index contributed by atoms with van der Waals surface area (Å²) in [6.45, 7) is 9.93. The van der Waals surface area contributed by atoms with E-state index in [0.717, 1.165) is 35.5 Å². The lowest BCUT2D eigenvalue weighted by atomic mass is 9.61. The molecule has 0 heterocycles. The lowest BCUT2D eigenvalue weighted by molar-refractivity contribution is 0.0544. The van der Waals surface area contributed by atoms with Crippen molar-refractivity contribution in [2.75, 3.05) is 0 Å². The molecule has 82 valence electrons. The zero-order chi connectivity index (χ0) is 10.3. The molecule has 6 unspecified atom stereocenters. The molecule has 3 fully saturated rings. The molecule has 0 radical (unpaired) electrons. The van der Waals surface area contributed by atoms with Crippen LogP contribution < -0.4 is 0 Å². The normalized spacial score (nSPS) is 54.0. The molecule has 6 atom stereocenters. The number of fused-ring (bicyclic) bond motifs is 5. The second kappa shape index (κ2) is 3.87. The van der Waals surface area contributed by atoms with Gasteiger partial charge in [-0.05, 0) is 61.2 Å². The average Bonchev–Trinajstić information content (AvgIpc) is 2.11. The summed E-state index contributed by atoms with van der Waals surface area (Å²) < 4.78 is 0. The van der Waals surface area contributed by atoms with Crippen LogP contribution in [0.2, 0.25) is 0 Å². The van der Waals surface area contributed by atoms with Crippen molar-refractivity contribution < 1.29 is 0 Å². The highest BCUT2D eigenvalue weighted by molar-refractivity contribution is 4.87. The van der Waals surface area contributed by atoms with Crippen molar-refractivity contribution in [1.82, 2.24) is 0 Å². The maximum atomic E-state index is 2.49. The van der Waals surface area contributed by atoms with Gasteiger partial charge in [0.2, 0.25) is 0 Å². The number of hydrogen-bond acceptors (Lipinski definition) is 0. The quantitative estimate of drug-likeness (QED) is 0.538. The first-order chi connectivity index (χ1) is 6.58. The predicted molar refractivity (Wildman–Crippen MR) is 62.1 cm³/mol. The van der Waals surface area contributed by atoms with Gasteiger partial charge in [-0.15, -0.1) is 0 Å². The second-order valence-corrected chi connectivity index (χ2v) is 6.37. The molecule has 3 rings (SSSR count). The molecule has 0 saturated heterocycles. The predicted octanol–water partition coefficient (Wildman–Crippen LogP) is 4.35. The monoisotopic (exact) mass is 194 g/mol. The van der Waals surface area contributed by atoms with E-state index in [-0.39, 0.29) is 0 Å². The SMILES string of the molecule is CC1CC2CC(C)C(CC1C)CC2C. The molecule has 0 amide bonds. The molecule has 3 saturated carbocycles. The molecule has 0 N–H and O–H groups in total. The Hall–Kier alpha value is 0. The van der Waals surface area contributed by atoms with Crippen LogP contribution in [0.15, 0.2) is 0 Å². The van der Waals surface area contributed by atoms with Crippen LogP contribution >= 0.6 is 0 Å². The minimum atomic E-state index is 0.970. The standard InChI is InChI=1S/C14H26/c1-9-5-13-7-12(4)14(6-10(9)2)8-11(13)3/h9-14H,5-8H2,1-4H3. The van der Waals surface area contributed by atoms with Gasteiger partial charge < -0.3 is 0 Å². The van der Waals surface area contributed by atoms with Gasteiger partial charge in [0, 0.05) is 0 Å². The highest BCUT2D eigenvalue weighted by Crippen LogP contribution is 2.47. The minimum Gasteiger partial charge on any atom is -0.0622 e. The van der Waals surface area contributed by atoms with Crippen molar-refractivity contribution in [3.05, 3.63) is 0 Å². The molecular weight excluding hydrogens is 168 g/mol. The Morgan fingerprint density at radius 1 is 0.500 bits per heavy atom. The molecule has 14 heavy (non-hydrogen) atoms. The fraction of sp³-hybridized carbons (Fsp3) is 1.00. The van der Waals surface area contributed by atoms with Crippen LogP contribution in [0.25, 0.3) is 0 Å².